The van der Waals surface area contributed by atoms with Crippen molar-refractivity contribution < 1.29 is 4.68 Å². The van der Waals surface area contributed by atoms with Crippen LogP contribution in [-0.4, -0.2) is 17.8 Å². The van der Waals surface area contributed by atoms with Gasteiger partial charge < -0.3 is 5.32 Å². The standard InChI is InChI=1S/C12H16N3/c1-14-9-11-4-2-3-5-12(11)15(14)8-10-6-13-7-10/h2-5,9-10,13H,6-8H2,1H3/q+1. The Morgan fingerprint density at radius 3 is 2.93 bits per heavy atom. The molecule has 0 saturated carbocycles. The lowest BCUT2D eigenvalue weighted by Gasteiger charge is -2.26. The SMILES string of the molecule is C[n+]1cc2ccccc2n1CC1CNC1. The van der Waals surface area contributed by atoms with E-state index in [1.807, 2.05) is 0 Å². The highest BCUT2D eigenvalue weighted by molar-refractivity contribution is 5.77. The Morgan fingerprint density at radius 2 is 2.20 bits per heavy atom. The number of aromatic nitrogens is 2. The Kier molecular flexibility index (Phi) is 1.99. The van der Waals surface area contributed by atoms with Crippen molar-refractivity contribution >= 4 is 10.9 Å². The van der Waals surface area contributed by atoms with Crippen LogP contribution < -0.4 is 10.00 Å². The molecular formula is C12H16N3+. The van der Waals surface area contributed by atoms with E-state index < -0.39 is 0 Å². The highest BCUT2D eigenvalue weighted by Gasteiger charge is 2.21. The van der Waals surface area contributed by atoms with Gasteiger partial charge in [-0.25, -0.2) is 0 Å². The number of nitrogens with zero attached hydrogens (tertiary/aromatic N) is 2. The highest BCUT2D eigenvalue weighted by atomic mass is 15.4. The second kappa shape index (κ2) is 3.35. The van der Waals surface area contributed by atoms with Crippen molar-refractivity contribution in [3.05, 3.63) is 30.5 Å². The fourth-order valence-electron chi connectivity index (χ4n) is 2.22. The molecule has 15 heavy (non-hydrogen) atoms. The molecule has 0 unspecified atom stereocenters. The largest absolute Gasteiger partial charge is 0.316 e. The Balaban J connectivity index is 2.03. The van der Waals surface area contributed by atoms with Crippen LogP contribution in [0.5, 0.6) is 0 Å². The van der Waals surface area contributed by atoms with Gasteiger partial charge in [-0.15, -0.1) is 4.68 Å². The monoisotopic (exact) mass is 202 g/mol. The van der Waals surface area contributed by atoms with Crippen LogP contribution in [0.25, 0.3) is 10.9 Å². The number of nitrogens with one attached hydrogen (secondary N) is 1. The topological polar surface area (TPSA) is 20.8 Å². The number of benzene rings is 1. The summed E-state index contributed by atoms with van der Waals surface area (Å²) in [6.45, 7) is 3.44. The quantitative estimate of drug-likeness (QED) is 0.710. The molecule has 1 aliphatic heterocycles. The van der Waals surface area contributed by atoms with Crippen LogP contribution in [0.1, 0.15) is 0 Å². The van der Waals surface area contributed by atoms with Crippen molar-refractivity contribution in [3.8, 4) is 0 Å². The number of hydrogen-bond acceptors (Lipinski definition) is 1. The Hall–Kier alpha value is -1.35. The predicted octanol–water partition coefficient (Wildman–Crippen LogP) is 0.685. The van der Waals surface area contributed by atoms with Crippen LogP contribution in [0.3, 0.4) is 0 Å². The zero-order valence-corrected chi connectivity index (χ0v) is 8.98. The molecule has 3 heteroatoms. The fourth-order valence-corrected chi connectivity index (χ4v) is 2.22. The molecule has 0 spiro atoms. The van der Waals surface area contributed by atoms with Gasteiger partial charge in [-0.2, -0.15) is 4.68 Å². The third-order valence-electron chi connectivity index (χ3n) is 3.22. The van der Waals surface area contributed by atoms with Gasteiger partial charge in [0.05, 0.1) is 11.9 Å². The molecule has 1 aromatic heterocycles. The first-order valence-corrected chi connectivity index (χ1v) is 5.49. The Morgan fingerprint density at radius 1 is 1.40 bits per heavy atom. The first kappa shape index (κ1) is 8.92. The molecule has 0 atom stereocenters. The molecule has 2 aromatic rings. The summed E-state index contributed by atoms with van der Waals surface area (Å²) in [6, 6.07) is 8.57. The molecule has 3 nitrogen and oxygen atoms in total. The molecule has 0 radical (unpaired) electrons. The molecule has 1 saturated heterocycles. The van der Waals surface area contributed by atoms with Crippen molar-refractivity contribution in [1.82, 2.24) is 10.00 Å². The fraction of sp³-hybridized carbons (Fsp3) is 0.417. The summed E-state index contributed by atoms with van der Waals surface area (Å²) in [4.78, 5) is 0. The summed E-state index contributed by atoms with van der Waals surface area (Å²) in [5.41, 5.74) is 1.34. The molecule has 0 aliphatic carbocycles. The van der Waals surface area contributed by atoms with E-state index in [-0.39, 0.29) is 0 Å². The summed E-state index contributed by atoms with van der Waals surface area (Å²) in [7, 11) is 2.12. The summed E-state index contributed by atoms with van der Waals surface area (Å²) >= 11 is 0. The minimum Gasteiger partial charge on any atom is -0.316 e. The van der Waals surface area contributed by atoms with Gasteiger partial charge in [-0.05, 0) is 12.1 Å². The van der Waals surface area contributed by atoms with Gasteiger partial charge in [0.1, 0.15) is 5.52 Å². The molecule has 78 valence electrons. The minimum absolute atomic E-state index is 0.798. The molecule has 1 fully saturated rings. The molecule has 0 amide bonds. The van der Waals surface area contributed by atoms with E-state index in [0.717, 1.165) is 25.6 Å². The van der Waals surface area contributed by atoms with Gasteiger partial charge >= 0.3 is 0 Å². The van der Waals surface area contributed by atoms with Crippen LogP contribution in [-0.2, 0) is 13.6 Å². The van der Waals surface area contributed by atoms with Gasteiger partial charge in [0, 0.05) is 19.0 Å². The van der Waals surface area contributed by atoms with E-state index in [9.17, 15) is 0 Å². The zero-order valence-electron chi connectivity index (χ0n) is 8.98. The molecular weight excluding hydrogens is 186 g/mol. The lowest BCUT2D eigenvalue weighted by molar-refractivity contribution is -0.751. The number of hydrogen-bond donors (Lipinski definition) is 1. The zero-order chi connectivity index (χ0) is 10.3. The van der Waals surface area contributed by atoms with E-state index in [4.69, 9.17) is 0 Å². The van der Waals surface area contributed by atoms with Gasteiger partial charge in [0.2, 0.25) is 6.20 Å². The summed E-state index contributed by atoms with van der Waals surface area (Å²) in [5, 5.41) is 4.64. The highest BCUT2D eigenvalue weighted by Crippen LogP contribution is 2.14. The molecule has 1 aromatic carbocycles. The predicted molar refractivity (Wildman–Crippen MR) is 59.5 cm³/mol. The second-order valence-electron chi connectivity index (χ2n) is 4.37. The Bertz CT molecular complexity index is 483. The third-order valence-corrected chi connectivity index (χ3v) is 3.22. The van der Waals surface area contributed by atoms with Gasteiger partial charge in [-0.1, -0.05) is 12.1 Å². The molecule has 1 N–H and O–H groups in total. The lowest BCUT2D eigenvalue weighted by Crippen LogP contribution is -2.48. The maximum atomic E-state index is 3.32. The van der Waals surface area contributed by atoms with Crippen molar-refractivity contribution in [2.24, 2.45) is 13.0 Å². The van der Waals surface area contributed by atoms with Gasteiger partial charge in [0.15, 0.2) is 7.05 Å². The van der Waals surface area contributed by atoms with Crippen molar-refractivity contribution in [1.29, 1.82) is 0 Å². The smallest absolute Gasteiger partial charge is 0.203 e. The van der Waals surface area contributed by atoms with Crippen LogP contribution in [0.4, 0.5) is 0 Å². The maximum Gasteiger partial charge on any atom is 0.203 e. The molecule has 3 rings (SSSR count). The first-order valence-electron chi connectivity index (χ1n) is 5.49. The lowest BCUT2D eigenvalue weighted by atomic mass is 10.0. The minimum atomic E-state index is 0.798. The molecule has 0 bridgehead atoms. The van der Waals surface area contributed by atoms with Crippen molar-refractivity contribution in [2.45, 2.75) is 6.54 Å². The number of aryl methyl sites for hydroxylation is 1. The van der Waals surface area contributed by atoms with Crippen LogP contribution >= 0.6 is 0 Å². The van der Waals surface area contributed by atoms with Gasteiger partial charge in [-0.3, -0.25) is 0 Å². The normalized spacial score (nSPS) is 16.9. The second-order valence-corrected chi connectivity index (χ2v) is 4.37. The first-order chi connectivity index (χ1) is 7.34. The van der Waals surface area contributed by atoms with E-state index in [2.05, 4.69) is 52.2 Å². The van der Waals surface area contributed by atoms with Crippen molar-refractivity contribution in [3.63, 3.8) is 0 Å². The third kappa shape index (κ3) is 1.43. The van der Waals surface area contributed by atoms with Crippen molar-refractivity contribution in [2.75, 3.05) is 13.1 Å². The molecule has 1 aliphatic rings. The Labute approximate surface area is 89.3 Å². The number of para-hydroxylation sites is 1. The maximum absolute atomic E-state index is 3.32. The summed E-state index contributed by atoms with van der Waals surface area (Å²) < 4.78 is 4.56. The van der Waals surface area contributed by atoms with E-state index >= 15 is 0 Å². The van der Waals surface area contributed by atoms with Gasteiger partial charge in [0.25, 0.3) is 0 Å². The number of fused-ring (bicyclic) bond motifs is 1. The van der Waals surface area contributed by atoms with E-state index in [1.165, 1.54) is 10.9 Å². The average molecular weight is 202 g/mol. The average Bonchev–Trinajstić information content (AvgIpc) is 2.48. The van der Waals surface area contributed by atoms with Crippen LogP contribution in [0.2, 0.25) is 0 Å². The summed E-state index contributed by atoms with van der Waals surface area (Å²) in [5.74, 6) is 0.798. The molecule has 2 heterocycles. The van der Waals surface area contributed by atoms with Crippen LogP contribution in [0, 0.1) is 5.92 Å². The number of rotatable bonds is 2. The van der Waals surface area contributed by atoms with E-state index in [0.29, 0.717) is 0 Å². The summed E-state index contributed by atoms with van der Waals surface area (Å²) in [6.07, 6.45) is 2.20. The van der Waals surface area contributed by atoms with E-state index in [1.54, 1.807) is 0 Å². The van der Waals surface area contributed by atoms with Crippen LogP contribution in [0.15, 0.2) is 30.5 Å².